The van der Waals surface area contributed by atoms with E-state index in [9.17, 15) is 0 Å². The number of methoxy groups -OCH3 is 2. The molecule has 1 atom stereocenters. The molecule has 0 spiro atoms. The largest absolute Gasteiger partial charge is 0.494 e. The molecule has 0 fully saturated rings. The number of aryl methyl sites for hydroxylation is 2. The molecule has 3 heterocycles. The normalized spacial score (nSPS) is 11.9. The molecule has 1 aromatic carbocycles. The van der Waals surface area contributed by atoms with Crippen molar-refractivity contribution in [2.75, 3.05) is 18.9 Å². The number of ether oxygens (including phenoxy) is 2. The summed E-state index contributed by atoms with van der Waals surface area (Å²) in [6.07, 6.45) is 4.34. The molecule has 10 nitrogen and oxygen atoms in total. The monoisotopic (exact) mass is 481 g/mol. The van der Waals surface area contributed by atoms with E-state index in [1.54, 1.807) is 14.2 Å². The molecule has 0 bridgehead atoms. The fraction of sp³-hybridized carbons (Fsp3) is 0.348. The van der Waals surface area contributed by atoms with Gasteiger partial charge in [0.05, 0.1) is 14.2 Å². The zero-order valence-corrected chi connectivity index (χ0v) is 20.8. The van der Waals surface area contributed by atoms with Crippen molar-refractivity contribution in [2.24, 2.45) is 0 Å². The number of anilines is 1. The second-order valence-corrected chi connectivity index (χ2v) is 9.06. The Labute approximate surface area is 202 Å². The van der Waals surface area contributed by atoms with Crippen molar-refractivity contribution < 1.29 is 14.0 Å². The van der Waals surface area contributed by atoms with Gasteiger partial charge in [-0.2, -0.15) is 0 Å². The lowest BCUT2D eigenvalue weighted by molar-refractivity contribution is 0.390. The molecule has 11 heteroatoms. The summed E-state index contributed by atoms with van der Waals surface area (Å²) in [5.74, 6) is 3.72. The first kappa shape index (κ1) is 23.6. The van der Waals surface area contributed by atoms with Crippen LogP contribution in [-0.4, -0.2) is 49.4 Å². The van der Waals surface area contributed by atoms with Crippen LogP contribution in [0.25, 0.3) is 17.2 Å². The maximum absolute atomic E-state index is 5.66. The topological polar surface area (TPSA) is 113 Å². The summed E-state index contributed by atoms with van der Waals surface area (Å²) in [5.41, 5.74) is 3.17. The standard InChI is InChI=1S/C23H27N7O3S/c1-13-11-24-19(25-12-13)10-14(2)34-29-23-27-26-22(20-15(3)16(4)33-28-20)30(23)21-17(31-5)8-7-9-18(21)32-6/h7-9,11-12,14H,10H2,1-6H3,(H,27,29). The van der Waals surface area contributed by atoms with Crippen LogP contribution in [0.15, 0.2) is 35.1 Å². The number of rotatable bonds is 9. The highest BCUT2D eigenvalue weighted by molar-refractivity contribution is 8.01. The van der Waals surface area contributed by atoms with Crippen LogP contribution in [0.1, 0.15) is 29.6 Å². The number of nitrogens with one attached hydrogen (secondary N) is 1. The number of para-hydroxylation sites is 1. The van der Waals surface area contributed by atoms with Crippen LogP contribution >= 0.6 is 11.9 Å². The minimum atomic E-state index is 0.159. The third kappa shape index (κ3) is 4.69. The summed E-state index contributed by atoms with van der Waals surface area (Å²) >= 11 is 1.50. The summed E-state index contributed by atoms with van der Waals surface area (Å²) in [6.45, 7) is 7.86. The van der Waals surface area contributed by atoms with Crippen molar-refractivity contribution in [1.29, 1.82) is 0 Å². The lowest BCUT2D eigenvalue weighted by Gasteiger charge is -2.18. The second kappa shape index (κ2) is 10.1. The van der Waals surface area contributed by atoms with E-state index in [1.807, 2.05) is 55.9 Å². The van der Waals surface area contributed by atoms with Gasteiger partial charge in [0.15, 0.2) is 11.5 Å². The molecule has 34 heavy (non-hydrogen) atoms. The summed E-state index contributed by atoms with van der Waals surface area (Å²) in [4.78, 5) is 8.80. The average Bonchev–Trinajstić information content (AvgIpc) is 3.40. The fourth-order valence-corrected chi connectivity index (χ4v) is 4.04. The van der Waals surface area contributed by atoms with Crippen LogP contribution in [0.3, 0.4) is 0 Å². The molecule has 1 unspecified atom stereocenters. The van der Waals surface area contributed by atoms with E-state index in [1.165, 1.54) is 11.9 Å². The van der Waals surface area contributed by atoms with Crippen LogP contribution in [0.4, 0.5) is 5.95 Å². The van der Waals surface area contributed by atoms with Gasteiger partial charge in [-0.3, -0.25) is 9.29 Å². The second-order valence-electron chi connectivity index (χ2n) is 7.82. The Balaban J connectivity index is 1.71. The molecule has 4 rings (SSSR count). The van der Waals surface area contributed by atoms with Crippen molar-refractivity contribution in [2.45, 2.75) is 39.4 Å². The predicted octanol–water partition coefficient (Wildman–Crippen LogP) is 4.35. The summed E-state index contributed by atoms with van der Waals surface area (Å²) in [7, 11) is 3.22. The Bertz CT molecular complexity index is 1250. The smallest absolute Gasteiger partial charge is 0.239 e. The van der Waals surface area contributed by atoms with E-state index in [2.05, 4.69) is 37.0 Å². The van der Waals surface area contributed by atoms with Gasteiger partial charge in [0.2, 0.25) is 5.95 Å². The van der Waals surface area contributed by atoms with Crippen LogP contribution in [0.5, 0.6) is 11.5 Å². The summed E-state index contributed by atoms with van der Waals surface area (Å²) < 4.78 is 21.9. The van der Waals surface area contributed by atoms with Crippen LogP contribution in [0, 0.1) is 20.8 Å². The minimum absolute atomic E-state index is 0.159. The van der Waals surface area contributed by atoms with Crippen molar-refractivity contribution in [3.8, 4) is 28.7 Å². The van der Waals surface area contributed by atoms with Gasteiger partial charge in [-0.1, -0.05) is 18.1 Å². The molecular weight excluding hydrogens is 454 g/mol. The fourth-order valence-electron chi connectivity index (χ4n) is 3.37. The first-order chi connectivity index (χ1) is 16.4. The first-order valence-electron chi connectivity index (χ1n) is 10.7. The SMILES string of the molecule is COc1cccc(OC)c1-n1c(NSC(C)Cc2ncc(C)cn2)nnc1-c1noc(C)c1C. The molecule has 3 aromatic heterocycles. The quantitative estimate of drug-likeness (QED) is 0.346. The van der Waals surface area contributed by atoms with Crippen molar-refractivity contribution in [3.63, 3.8) is 0 Å². The number of aromatic nitrogens is 6. The Kier molecular flexibility index (Phi) is 7.01. The number of nitrogens with zero attached hydrogens (tertiary/aromatic N) is 6. The molecule has 1 N–H and O–H groups in total. The molecular formula is C23H27N7O3S. The van der Waals surface area contributed by atoms with Crippen molar-refractivity contribution >= 4 is 17.9 Å². The third-order valence-electron chi connectivity index (χ3n) is 5.31. The maximum Gasteiger partial charge on any atom is 0.239 e. The van der Waals surface area contributed by atoms with Crippen molar-refractivity contribution in [1.82, 2.24) is 29.9 Å². The molecule has 0 amide bonds. The molecule has 0 saturated heterocycles. The Morgan fingerprint density at radius 1 is 1.06 bits per heavy atom. The van der Waals surface area contributed by atoms with E-state index in [0.717, 1.165) is 17.0 Å². The molecule has 0 radical (unpaired) electrons. The zero-order valence-electron chi connectivity index (χ0n) is 20.0. The lowest BCUT2D eigenvalue weighted by Crippen LogP contribution is -2.11. The third-order valence-corrected chi connectivity index (χ3v) is 6.18. The van der Waals surface area contributed by atoms with Gasteiger partial charge in [0, 0.05) is 29.6 Å². The average molecular weight is 482 g/mol. The van der Waals surface area contributed by atoms with Gasteiger partial charge in [0.1, 0.15) is 28.8 Å². The van der Waals surface area contributed by atoms with E-state index in [-0.39, 0.29) is 5.25 Å². The summed E-state index contributed by atoms with van der Waals surface area (Å²) in [6, 6.07) is 5.58. The molecule has 0 aliphatic carbocycles. The van der Waals surface area contributed by atoms with Gasteiger partial charge in [0.25, 0.3) is 0 Å². The van der Waals surface area contributed by atoms with Gasteiger partial charge >= 0.3 is 0 Å². The van der Waals surface area contributed by atoms with E-state index in [0.29, 0.717) is 46.8 Å². The zero-order chi connectivity index (χ0) is 24.2. The minimum Gasteiger partial charge on any atom is -0.494 e. The molecule has 4 aromatic rings. The highest BCUT2D eigenvalue weighted by Gasteiger charge is 2.26. The highest BCUT2D eigenvalue weighted by atomic mass is 32.2. The first-order valence-corrected chi connectivity index (χ1v) is 11.6. The Morgan fingerprint density at radius 2 is 1.74 bits per heavy atom. The molecule has 178 valence electrons. The van der Waals surface area contributed by atoms with Gasteiger partial charge < -0.3 is 14.0 Å². The number of hydrogen-bond donors (Lipinski definition) is 1. The van der Waals surface area contributed by atoms with Crippen molar-refractivity contribution in [3.05, 3.63) is 53.3 Å². The van der Waals surface area contributed by atoms with Crippen LogP contribution in [0.2, 0.25) is 0 Å². The van der Waals surface area contributed by atoms with Crippen LogP contribution in [-0.2, 0) is 6.42 Å². The Morgan fingerprint density at radius 3 is 2.32 bits per heavy atom. The predicted molar refractivity (Wildman–Crippen MR) is 131 cm³/mol. The van der Waals surface area contributed by atoms with E-state index in [4.69, 9.17) is 14.0 Å². The maximum atomic E-state index is 5.66. The Hall–Kier alpha value is -3.60. The lowest BCUT2D eigenvalue weighted by atomic mass is 10.2. The van der Waals surface area contributed by atoms with Crippen LogP contribution < -0.4 is 14.2 Å². The van der Waals surface area contributed by atoms with E-state index < -0.39 is 0 Å². The van der Waals surface area contributed by atoms with Gasteiger partial charge in [-0.15, -0.1) is 10.2 Å². The molecule has 0 aliphatic rings. The van der Waals surface area contributed by atoms with Gasteiger partial charge in [-0.05, 0) is 50.4 Å². The molecule has 0 aliphatic heterocycles. The van der Waals surface area contributed by atoms with Gasteiger partial charge in [-0.25, -0.2) is 9.97 Å². The highest BCUT2D eigenvalue weighted by Crippen LogP contribution is 2.38. The molecule has 0 saturated carbocycles. The van der Waals surface area contributed by atoms with E-state index >= 15 is 0 Å². The number of hydrogen-bond acceptors (Lipinski definition) is 10. The summed E-state index contributed by atoms with van der Waals surface area (Å²) in [5, 5.41) is 13.2. The number of benzene rings is 1.